The van der Waals surface area contributed by atoms with Gasteiger partial charge in [0.2, 0.25) is 0 Å². The van der Waals surface area contributed by atoms with Crippen molar-refractivity contribution in [3.8, 4) is 39.1 Å². The number of hydrogen-bond donors (Lipinski definition) is 0. The third-order valence-electron chi connectivity index (χ3n) is 7.27. The molecule has 0 saturated carbocycles. The van der Waals surface area contributed by atoms with Crippen molar-refractivity contribution >= 4 is 0 Å². The van der Waals surface area contributed by atoms with E-state index in [0.29, 0.717) is 27.8 Å². The molecule has 0 fully saturated rings. The van der Waals surface area contributed by atoms with Crippen LogP contribution in [-0.4, -0.2) is 0 Å². The number of hydrogen-bond acceptors (Lipinski definition) is 1. The molecule has 0 aliphatic rings. The predicted molar refractivity (Wildman–Crippen MR) is 157 cm³/mol. The second kappa shape index (κ2) is 12.8. The highest BCUT2D eigenvalue weighted by atomic mass is 19.3. The lowest BCUT2D eigenvalue weighted by atomic mass is 9.99. The molecule has 0 radical (unpaired) electrons. The van der Waals surface area contributed by atoms with Gasteiger partial charge in [-0.1, -0.05) is 80.4 Å². The Hall–Kier alpha value is -4.52. The lowest BCUT2D eigenvalue weighted by molar-refractivity contribution is -0.187. The lowest BCUT2D eigenvalue weighted by Gasteiger charge is -2.20. The van der Waals surface area contributed by atoms with Gasteiger partial charge in [0.05, 0.1) is 5.56 Å². The number of alkyl halides is 2. The molecular weight excluding hydrogens is 562 g/mol. The molecular formula is C36H28F6O. The number of rotatable bonds is 10. The smallest absolute Gasteiger partial charge is 0.429 e. The van der Waals surface area contributed by atoms with Crippen molar-refractivity contribution in [1.29, 1.82) is 0 Å². The minimum atomic E-state index is -4.06. The van der Waals surface area contributed by atoms with E-state index in [4.69, 9.17) is 4.74 Å². The van der Waals surface area contributed by atoms with E-state index in [9.17, 15) is 17.6 Å². The Morgan fingerprint density at radius 1 is 0.535 bits per heavy atom. The second-order valence-corrected chi connectivity index (χ2v) is 10.3. The zero-order valence-electron chi connectivity index (χ0n) is 23.3. The molecule has 7 heteroatoms. The summed E-state index contributed by atoms with van der Waals surface area (Å²) in [7, 11) is 0. The Balaban J connectivity index is 1.29. The molecule has 0 saturated heterocycles. The summed E-state index contributed by atoms with van der Waals surface area (Å²) >= 11 is 0. The van der Waals surface area contributed by atoms with Crippen molar-refractivity contribution < 1.29 is 31.1 Å². The number of benzene rings is 5. The first-order valence-corrected chi connectivity index (χ1v) is 14.0. The van der Waals surface area contributed by atoms with E-state index < -0.39 is 40.7 Å². The van der Waals surface area contributed by atoms with E-state index in [1.54, 1.807) is 24.3 Å². The van der Waals surface area contributed by atoms with Gasteiger partial charge >= 0.3 is 6.11 Å². The Bertz CT molecular complexity index is 1710. The third kappa shape index (κ3) is 6.94. The average Bonchev–Trinajstić information content (AvgIpc) is 2.99. The van der Waals surface area contributed by atoms with Crippen LogP contribution in [0.25, 0.3) is 33.4 Å². The first kappa shape index (κ1) is 30.0. The molecule has 0 N–H and O–H groups in total. The SMILES string of the molecule is CCCCCc1ccc(-c2ccc(C(F)(F)Oc3ccc(-c4ccc(-c5ccc(F)c(F)c5)cc4)c(F)c3)c(F)c2)cc1. The molecule has 0 atom stereocenters. The topological polar surface area (TPSA) is 9.23 Å². The van der Waals surface area contributed by atoms with Gasteiger partial charge in [-0.15, -0.1) is 0 Å². The van der Waals surface area contributed by atoms with Gasteiger partial charge < -0.3 is 4.74 Å². The quantitative estimate of drug-likeness (QED) is 0.116. The van der Waals surface area contributed by atoms with Crippen molar-refractivity contribution in [3.05, 3.63) is 138 Å². The number of aryl methyl sites for hydroxylation is 1. The van der Waals surface area contributed by atoms with E-state index in [1.807, 2.05) is 24.3 Å². The molecule has 5 aromatic carbocycles. The highest BCUT2D eigenvalue weighted by Crippen LogP contribution is 2.37. The summed E-state index contributed by atoms with van der Waals surface area (Å²) in [6.45, 7) is 2.13. The van der Waals surface area contributed by atoms with Crippen LogP contribution in [0.4, 0.5) is 26.3 Å². The number of ether oxygens (including phenoxy) is 1. The van der Waals surface area contributed by atoms with E-state index >= 15 is 8.78 Å². The fourth-order valence-electron chi connectivity index (χ4n) is 4.89. The van der Waals surface area contributed by atoms with E-state index in [0.717, 1.165) is 61.6 Å². The zero-order valence-corrected chi connectivity index (χ0v) is 23.3. The summed E-state index contributed by atoms with van der Waals surface area (Å²) in [4.78, 5) is 0. The molecule has 0 heterocycles. The molecule has 0 amide bonds. The van der Waals surface area contributed by atoms with Crippen LogP contribution in [0.1, 0.15) is 37.3 Å². The van der Waals surface area contributed by atoms with Crippen LogP contribution in [0, 0.1) is 23.3 Å². The Morgan fingerprint density at radius 3 is 1.72 bits per heavy atom. The van der Waals surface area contributed by atoms with Crippen molar-refractivity contribution in [2.45, 2.75) is 38.7 Å². The minimum Gasteiger partial charge on any atom is -0.429 e. The van der Waals surface area contributed by atoms with Crippen LogP contribution < -0.4 is 4.74 Å². The molecule has 5 rings (SSSR count). The van der Waals surface area contributed by atoms with Crippen molar-refractivity contribution in [3.63, 3.8) is 0 Å². The van der Waals surface area contributed by atoms with Gasteiger partial charge in [0.25, 0.3) is 0 Å². The molecule has 0 aromatic heterocycles. The van der Waals surface area contributed by atoms with Gasteiger partial charge in [-0.2, -0.15) is 8.78 Å². The first-order valence-electron chi connectivity index (χ1n) is 14.0. The molecule has 0 aliphatic heterocycles. The fourth-order valence-corrected chi connectivity index (χ4v) is 4.89. The van der Waals surface area contributed by atoms with Crippen LogP contribution >= 0.6 is 0 Å². The summed E-state index contributed by atoms with van der Waals surface area (Å²) in [6.07, 6.45) is 0.221. The Morgan fingerprint density at radius 2 is 1.12 bits per heavy atom. The van der Waals surface area contributed by atoms with Gasteiger partial charge in [0, 0.05) is 11.6 Å². The zero-order chi connectivity index (χ0) is 30.6. The largest absolute Gasteiger partial charge is 0.429 e. The van der Waals surface area contributed by atoms with Crippen LogP contribution in [0.15, 0.2) is 103 Å². The standard InChI is InChI=1S/C36H28F6O/c1-2-3-4-5-23-6-8-24(9-7-23)27-14-18-31(34(39)20-27)36(41,42)43-29-16-17-30(33(38)22-29)26-12-10-25(11-13-26)28-15-19-32(37)35(40)21-28/h6-22H,2-5H2,1H3. The van der Waals surface area contributed by atoms with Crippen molar-refractivity contribution in [2.75, 3.05) is 0 Å². The summed E-state index contributed by atoms with van der Waals surface area (Å²) in [6, 6.07) is 24.1. The molecule has 0 unspecified atom stereocenters. The van der Waals surface area contributed by atoms with Gasteiger partial charge in [-0.25, -0.2) is 17.6 Å². The average molecular weight is 591 g/mol. The first-order chi connectivity index (χ1) is 20.6. The molecule has 1 nitrogen and oxygen atoms in total. The maximum absolute atomic E-state index is 15.0. The van der Waals surface area contributed by atoms with Crippen LogP contribution in [0.2, 0.25) is 0 Å². The molecule has 43 heavy (non-hydrogen) atoms. The summed E-state index contributed by atoms with van der Waals surface area (Å²) < 4.78 is 91.5. The summed E-state index contributed by atoms with van der Waals surface area (Å²) in [5, 5.41) is 0. The van der Waals surface area contributed by atoms with Gasteiger partial charge in [0.15, 0.2) is 11.6 Å². The van der Waals surface area contributed by atoms with E-state index in [2.05, 4.69) is 6.92 Å². The summed E-state index contributed by atoms with van der Waals surface area (Å²) in [5.74, 6) is -4.41. The molecule has 0 bridgehead atoms. The normalized spacial score (nSPS) is 11.5. The fraction of sp³-hybridized carbons (Fsp3) is 0.167. The maximum Gasteiger partial charge on any atom is 0.429 e. The Kier molecular flexibility index (Phi) is 8.90. The van der Waals surface area contributed by atoms with Crippen LogP contribution in [0.5, 0.6) is 5.75 Å². The lowest BCUT2D eigenvalue weighted by Crippen LogP contribution is -2.23. The second-order valence-electron chi connectivity index (χ2n) is 10.3. The summed E-state index contributed by atoms with van der Waals surface area (Å²) in [5.41, 5.74) is 2.89. The predicted octanol–water partition coefficient (Wildman–Crippen LogP) is 11.1. The van der Waals surface area contributed by atoms with Gasteiger partial charge in [-0.3, -0.25) is 0 Å². The molecule has 0 aliphatic carbocycles. The monoisotopic (exact) mass is 590 g/mol. The molecule has 0 spiro atoms. The van der Waals surface area contributed by atoms with Crippen LogP contribution in [0.3, 0.4) is 0 Å². The van der Waals surface area contributed by atoms with Gasteiger partial charge in [-0.05, 0) is 82.6 Å². The van der Waals surface area contributed by atoms with Crippen molar-refractivity contribution in [1.82, 2.24) is 0 Å². The Labute approximate surface area is 246 Å². The molecule has 220 valence electrons. The van der Waals surface area contributed by atoms with E-state index in [-0.39, 0.29) is 5.56 Å². The van der Waals surface area contributed by atoms with Crippen molar-refractivity contribution in [2.24, 2.45) is 0 Å². The third-order valence-corrected chi connectivity index (χ3v) is 7.27. The van der Waals surface area contributed by atoms with E-state index in [1.165, 1.54) is 24.3 Å². The number of halogens is 6. The maximum atomic E-state index is 15.0. The highest BCUT2D eigenvalue weighted by Gasteiger charge is 2.38. The van der Waals surface area contributed by atoms with Crippen LogP contribution in [-0.2, 0) is 12.5 Å². The number of unbranched alkanes of at least 4 members (excludes halogenated alkanes) is 2. The highest BCUT2D eigenvalue weighted by molar-refractivity contribution is 5.71. The van der Waals surface area contributed by atoms with Gasteiger partial charge in [0.1, 0.15) is 17.4 Å². The minimum absolute atomic E-state index is 0.111. The molecule has 5 aromatic rings.